The number of rotatable bonds is 3. The van der Waals surface area contributed by atoms with Crippen LogP contribution in [0.4, 0.5) is 14.5 Å². The highest BCUT2D eigenvalue weighted by Gasteiger charge is 2.24. The smallest absolute Gasteiger partial charge is 0.265 e. The average Bonchev–Trinajstić information content (AvgIpc) is 2.32. The van der Waals surface area contributed by atoms with E-state index in [-0.39, 0.29) is 4.47 Å². The molecule has 0 saturated carbocycles. The topological polar surface area (TPSA) is 46.2 Å². The number of hydrogen-bond donors (Lipinski definition) is 1. The van der Waals surface area contributed by atoms with Gasteiger partial charge in [0.2, 0.25) is 0 Å². The molecule has 0 aliphatic carbocycles. The summed E-state index contributed by atoms with van der Waals surface area (Å²) in [7, 11) is -4.17. The van der Waals surface area contributed by atoms with E-state index < -0.39 is 26.6 Å². The summed E-state index contributed by atoms with van der Waals surface area (Å²) < 4.78 is 53.8. The molecule has 2 rings (SSSR count). The van der Waals surface area contributed by atoms with E-state index in [9.17, 15) is 17.2 Å². The second kappa shape index (κ2) is 5.73. The lowest BCUT2D eigenvalue weighted by molar-refractivity contribution is 0.548. The summed E-state index contributed by atoms with van der Waals surface area (Å²) in [5.74, 6) is -2.01. The standard InChI is InChI=1S/C14H12BrF2NO2S/c1-8-4-3-5-9(2)13(8)18-21(19,20)14-11(15)6-10(16)7-12(14)17/h3-7,18H,1-2H3. The first-order valence-corrected chi connectivity index (χ1v) is 8.23. The van der Waals surface area contributed by atoms with Gasteiger partial charge in [-0.3, -0.25) is 4.72 Å². The van der Waals surface area contributed by atoms with Gasteiger partial charge in [-0.15, -0.1) is 0 Å². The molecular formula is C14H12BrF2NO2S. The Labute approximate surface area is 130 Å². The number of sulfonamides is 1. The molecule has 0 fully saturated rings. The molecule has 2 aromatic rings. The fourth-order valence-electron chi connectivity index (χ4n) is 1.95. The summed E-state index contributed by atoms with van der Waals surface area (Å²) >= 11 is 2.88. The van der Waals surface area contributed by atoms with E-state index >= 15 is 0 Å². The molecule has 21 heavy (non-hydrogen) atoms. The van der Waals surface area contributed by atoms with Crippen molar-refractivity contribution in [2.45, 2.75) is 18.7 Å². The van der Waals surface area contributed by atoms with Crippen LogP contribution >= 0.6 is 15.9 Å². The summed E-state index contributed by atoms with van der Waals surface area (Å²) in [6.07, 6.45) is 0. The number of benzene rings is 2. The molecule has 0 radical (unpaired) electrons. The van der Waals surface area contributed by atoms with Gasteiger partial charge in [0.15, 0.2) is 0 Å². The third-order valence-electron chi connectivity index (χ3n) is 2.95. The SMILES string of the molecule is Cc1cccc(C)c1NS(=O)(=O)c1c(F)cc(F)cc1Br. The van der Waals surface area contributed by atoms with Gasteiger partial charge in [0, 0.05) is 10.5 Å². The molecule has 0 aliphatic rings. The Morgan fingerprint density at radius 1 is 1.10 bits per heavy atom. The zero-order chi connectivity index (χ0) is 15.8. The van der Waals surface area contributed by atoms with E-state index in [4.69, 9.17) is 0 Å². The van der Waals surface area contributed by atoms with Crippen LogP contribution in [0.5, 0.6) is 0 Å². The molecule has 0 spiro atoms. The van der Waals surface area contributed by atoms with Crippen molar-refractivity contribution >= 4 is 31.6 Å². The first kappa shape index (κ1) is 15.9. The Morgan fingerprint density at radius 2 is 1.67 bits per heavy atom. The molecular weight excluding hydrogens is 364 g/mol. The number of aryl methyl sites for hydroxylation is 2. The highest BCUT2D eigenvalue weighted by atomic mass is 79.9. The van der Waals surface area contributed by atoms with E-state index in [1.807, 2.05) is 0 Å². The monoisotopic (exact) mass is 375 g/mol. The van der Waals surface area contributed by atoms with E-state index in [0.717, 1.165) is 6.07 Å². The largest absolute Gasteiger partial charge is 0.279 e. The van der Waals surface area contributed by atoms with Crippen LogP contribution in [0.1, 0.15) is 11.1 Å². The number of para-hydroxylation sites is 1. The lowest BCUT2D eigenvalue weighted by Gasteiger charge is -2.14. The maximum atomic E-state index is 13.8. The van der Waals surface area contributed by atoms with E-state index in [2.05, 4.69) is 20.7 Å². The molecule has 0 amide bonds. The van der Waals surface area contributed by atoms with Gasteiger partial charge in [-0.05, 0) is 47.0 Å². The summed E-state index contributed by atoms with van der Waals surface area (Å²) in [6.45, 7) is 3.47. The third kappa shape index (κ3) is 3.24. The second-order valence-electron chi connectivity index (χ2n) is 4.57. The van der Waals surface area contributed by atoms with Crippen LogP contribution in [0.3, 0.4) is 0 Å². The Bertz CT molecular complexity index is 763. The Morgan fingerprint density at radius 3 is 2.19 bits per heavy atom. The van der Waals surface area contributed by atoms with Crippen LogP contribution in [0.15, 0.2) is 39.7 Å². The van der Waals surface area contributed by atoms with Gasteiger partial charge >= 0.3 is 0 Å². The maximum Gasteiger partial charge on any atom is 0.265 e. The minimum atomic E-state index is -4.17. The zero-order valence-corrected chi connectivity index (χ0v) is 13.6. The predicted octanol–water partition coefficient (Wildman–Crippen LogP) is 4.14. The molecule has 112 valence electrons. The van der Waals surface area contributed by atoms with Crippen LogP contribution in [-0.2, 0) is 10.0 Å². The molecule has 0 aliphatic heterocycles. The summed E-state index contributed by atoms with van der Waals surface area (Å²) in [4.78, 5) is -0.619. The van der Waals surface area contributed by atoms with Crippen molar-refractivity contribution in [2.24, 2.45) is 0 Å². The lowest BCUT2D eigenvalue weighted by atomic mass is 10.1. The van der Waals surface area contributed by atoms with Crippen molar-refractivity contribution in [2.75, 3.05) is 4.72 Å². The van der Waals surface area contributed by atoms with Gasteiger partial charge < -0.3 is 0 Å². The van der Waals surface area contributed by atoms with Crippen LogP contribution in [0.25, 0.3) is 0 Å². The fourth-order valence-corrected chi connectivity index (χ4v) is 4.32. The minimum Gasteiger partial charge on any atom is -0.279 e. The second-order valence-corrected chi connectivity index (χ2v) is 7.04. The lowest BCUT2D eigenvalue weighted by Crippen LogP contribution is -2.17. The van der Waals surface area contributed by atoms with E-state index in [0.29, 0.717) is 22.9 Å². The quantitative estimate of drug-likeness (QED) is 0.875. The molecule has 1 N–H and O–H groups in total. The van der Waals surface area contributed by atoms with Crippen LogP contribution in [0, 0.1) is 25.5 Å². The summed E-state index contributed by atoms with van der Waals surface area (Å²) in [5, 5.41) is 0. The van der Waals surface area contributed by atoms with Crippen molar-refractivity contribution in [3.63, 3.8) is 0 Å². The van der Waals surface area contributed by atoms with Gasteiger partial charge in [-0.25, -0.2) is 17.2 Å². The first-order valence-electron chi connectivity index (χ1n) is 5.96. The number of halogens is 3. The Kier molecular flexibility index (Phi) is 4.34. The number of hydrogen-bond acceptors (Lipinski definition) is 2. The highest BCUT2D eigenvalue weighted by Crippen LogP contribution is 2.29. The normalized spacial score (nSPS) is 11.5. The molecule has 7 heteroatoms. The molecule has 3 nitrogen and oxygen atoms in total. The van der Waals surface area contributed by atoms with Gasteiger partial charge in [0.1, 0.15) is 16.5 Å². The predicted molar refractivity (Wildman–Crippen MR) is 80.8 cm³/mol. The summed E-state index contributed by atoms with van der Waals surface area (Å²) in [5.41, 5.74) is 1.79. The van der Waals surface area contributed by atoms with Crippen LogP contribution < -0.4 is 4.72 Å². The first-order chi connectivity index (χ1) is 9.72. The molecule has 0 heterocycles. The fraction of sp³-hybridized carbons (Fsp3) is 0.143. The summed E-state index contributed by atoms with van der Waals surface area (Å²) in [6, 6.07) is 6.70. The van der Waals surface area contributed by atoms with Crippen molar-refractivity contribution in [1.29, 1.82) is 0 Å². The van der Waals surface area contributed by atoms with Crippen molar-refractivity contribution in [3.05, 3.63) is 57.6 Å². The maximum absolute atomic E-state index is 13.8. The van der Waals surface area contributed by atoms with E-state index in [1.165, 1.54) is 0 Å². The molecule has 0 saturated heterocycles. The van der Waals surface area contributed by atoms with Crippen molar-refractivity contribution < 1.29 is 17.2 Å². The van der Waals surface area contributed by atoms with Crippen molar-refractivity contribution in [3.8, 4) is 0 Å². The minimum absolute atomic E-state index is 0.168. The van der Waals surface area contributed by atoms with Gasteiger partial charge in [-0.2, -0.15) is 0 Å². The third-order valence-corrected chi connectivity index (χ3v) is 5.26. The van der Waals surface area contributed by atoms with E-state index in [1.54, 1.807) is 32.0 Å². The molecule has 0 bridgehead atoms. The average molecular weight is 376 g/mol. The van der Waals surface area contributed by atoms with Gasteiger partial charge in [0.05, 0.1) is 5.69 Å². The van der Waals surface area contributed by atoms with Crippen molar-refractivity contribution in [1.82, 2.24) is 0 Å². The zero-order valence-electron chi connectivity index (χ0n) is 11.2. The molecule has 0 atom stereocenters. The number of nitrogens with one attached hydrogen (secondary N) is 1. The van der Waals surface area contributed by atoms with Gasteiger partial charge in [0.25, 0.3) is 10.0 Å². The highest BCUT2D eigenvalue weighted by molar-refractivity contribution is 9.10. The Hall–Kier alpha value is -1.47. The van der Waals surface area contributed by atoms with Crippen LogP contribution in [0.2, 0.25) is 0 Å². The number of anilines is 1. The molecule has 0 unspecified atom stereocenters. The van der Waals surface area contributed by atoms with Gasteiger partial charge in [-0.1, -0.05) is 18.2 Å². The Balaban J connectivity index is 2.54. The molecule has 2 aromatic carbocycles. The molecule has 0 aromatic heterocycles. The van der Waals surface area contributed by atoms with Crippen LogP contribution in [-0.4, -0.2) is 8.42 Å².